The highest BCUT2D eigenvalue weighted by molar-refractivity contribution is 5.39. The van der Waals surface area contributed by atoms with Gasteiger partial charge in [-0.25, -0.2) is 0 Å². The second-order valence-corrected chi connectivity index (χ2v) is 3.86. The minimum atomic E-state index is -4.77. The normalized spacial score (nSPS) is 11.4. The lowest BCUT2D eigenvalue weighted by Crippen LogP contribution is -2.17. The Hall–Kier alpha value is -2.15. The predicted molar refractivity (Wildman–Crippen MR) is 64.1 cm³/mol. The molecule has 0 aliphatic heterocycles. The molecule has 0 unspecified atom stereocenters. The Morgan fingerprint density at radius 2 is 1.80 bits per heavy atom. The van der Waals surface area contributed by atoms with Crippen LogP contribution in [0.5, 0.6) is 11.5 Å². The van der Waals surface area contributed by atoms with Crippen molar-refractivity contribution in [2.24, 2.45) is 5.73 Å². The third-order valence-electron chi connectivity index (χ3n) is 2.49. The van der Waals surface area contributed by atoms with Crippen LogP contribution in [0.2, 0.25) is 0 Å². The van der Waals surface area contributed by atoms with Gasteiger partial charge in [-0.2, -0.15) is 0 Å². The molecule has 7 heteroatoms. The Bertz CT molecular complexity index is 566. The summed E-state index contributed by atoms with van der Waals surface area (Å²) in [6, 6.07) is 7.20. The van der Waals surface area contributed by atoms with E-state index in [0.29, 0.717) is 5.76 Å². The molecule has 108 valence electrons. The van der Waals surface area contributed by atoms with Crippen LogP contribution in [-0.4, -0.2) is 6.36 Å². The lowest BCUT2D eigenvalue weighted by Gasteiger charge is -2.13. The van der Waals surface area contributed by atoms with Crippen molar-refractivity contribution in [1.82, 2.24) is 0 Å². The molecule has 0 saturated carbocycles. The molecule has 20 heavy (non-hydrogen) atoms. The van der Waals surface area contributed by atoms with E-state index >= 15 is 0 Å². The lowest BCUT2D eigenvalue weighted by atomic mass is 10.2. The largest absolute Gasteiger partial charge is 0.573 e. The second kappa shape index (κ2) is 5.87. The number of rotatable bonds is 5. The number of hydrogen-bond donors (Lipinski definition) is 1. The van der Waals surface area contributed by atoms with Gasteiger partial charge in [-0.15, -0.1) is 13.2 Å². The van der Waals surface area contributed by atoms with Crippen molar-refractivity contribution in [1.29, 1.82) is 0 Å². The predicted octanol–water partition coefficient (Wildman–Crippen LogP) is 3.22. The van der Waals surface area contributed by atoms with E-state index in [1.165, 1.54) is 24.5 Å². The third-order valence-corrected chi connectivity index (χ3v) is 2.49. The van der Waals surface area contributed by atoms with Crippen molar-refractivity contribution in [3.05, 3.63) is 47.9 Å². The number of furan rings is 1. The maximum absolute atomic E-state index is 12.2. The van der Waals surface area contributed by atoms with Crippen molar-refractivity contribution in [3.8, 4) is 11.5 Å². The zero-order valence-electron chi connectivity index (χ0n) is 10.3. The average Bonchev–Trinajstić information content (AvgIpc) is 2.83. The molecule has 2 rings (SSSR count). The maximum atomic E-state index is 12.2. The fourth-order valence-electron chi connectivity index (χ4n) is 1.60. The van der Waals surface area contributed by atoms with Crippen LogP contribution >= 0.6 is 0 Å². The number of para-hydroxylation sites is 2. The zero-order valence-corrected chi connectivity index (χ0v) is 10.3. The van der Waals surface area contributed by atoms with E-state index in [0.717, 1.165) is 5.56 Å². The number of ether oxygens (including phenoxy) is 2. The fraction of sp³-hybridized carbons (Fsp3) is 0.231. The molecule has 1 heterocycles. The summed E-state index contributed by atoms with van der Waals surface area (Å²) in [6.07, 6.45) is -3.33. The van der Waals surface area contributed by atoms with Gasteiger partial charge in [0.25, 0.3) is 0 Å². The quantitative estimate of drug-likeness (QED) is 0.917. The van der Waals surface area contributed by atoms with E-state index < -0.39 is 12.1 Å². The van der Waals surface area contributed by atoms with Crippen molar-refractivity contribution in [2.75, 3.05) is 0 Å². The van der Waals surface area contributed by atoms with Gasteiger partial charge in [-0.3, -0.25) is 0 Å². The average molecular weight is 287 g/mol. The van der Waals surface area contributed by atoms with E-state index in [2.05, 4.69) is 4.74 Å². The summed E-state index contributed by atoms with van der Waals surface area (Å²) in [5.41, 5.74) is 6.22. The topological polar surface area (TPSA) is 57.6 Å². The molecule has 0 bridgehead atoms. The molecule has 0 aliphatic rings. The number of hydrogen-bond acceptors (Lipinski definition) is 4. The highest BCUT2D eigenvalue weighted by Gasteiger charge is 2.32. The molecule has 0 saturated heterocycles. The van der Waals surface area contributed by atoms with Gasteiger partial charge in [0, 0.05) is 12.1 Å². The molecule has 0 amide bonds. The summed E-state index contributed by atoms with van der Waals surface area (Å²) in [5.74, 6) is 0.0411. The molecule has 0 aliphatic carbocycles. The van der Waals surface area contributed by atoms with Crippen LogP contribution in [0, 0.1) is 0 Å². The first kappa shape index (κ1) is 14.3. The summed E-state index contributed by atoms with van der Waals surface area (Å²) >= 11 is 0. The van der Waals surface area contributed by atoms with Gasteiger partial charge in [-0.1, -0.05) is 12.1 Å². The first-order valence-electron chi connectivity index (χ1n) is 5.72. The van der Waals surface area contributed by atoms with Crippen molar-refractivity contribution < 1.29 is 27.1 Å². The summed E-state index contributed by atoms with van der Waals surface area (Å²) < 4.78 is 51.0. The minimum absolute atomic E-state index is 0.0239. The van der Waals surface area contributed by atoms with Gasteiger partial charge < -0.3 is 19.6 Å². The van der Waals surface area contributed by atoms with Crippen LogP contribution in [0.1, 0.15) is 11.3 Å². The zero-order chi connectivity index (χ0) is 14.6. The fourth-order valence-corrected chi connectivity index (χ4v) is 1.60. The van der Waals surface area contributed by atoms with Gasteiger partial charge in [0.1, 0.15) is 12.4 Å². The Kier molecular flexibility index (Phi) is 4.19. The molecular formula is C13H12F3NO3. The molecule has 0 radical (unpaired) electrons. The molecule has 1 aromatic carbocycles. The highest BCUT2D eigenvalue weighted by Crippen LogP contribution is 2.32. The van der Waals surface area contributed by atoms with Gasteiger partial charge >= 0.3 is 6.36 Å². The molecule has 4 nitrogen and oxygen atoms in total. The molecule has 0 spiro atoms. The van der Waals surface area contributed by atoms with Crippen LogP contribution in [0.25, 0.3) is 0 Å². The molecular weight excluding hydrogens is 275 g/mol. The number of alkyl halides is 3. The van der Waals surface area contributed by atoms with Gasteiger partial charge in [0.15, 0.2) is 11.5 Å². The van der Waals surface area contributed by atoms with Crippen molar-refractivity contribution in [3.63, 3.8) is 0 Å². The number of benzene rings is 1. The van der Waals surface area contributed by atoms with Crippen LogP contribution in [0.3, 0.4) is 0 Å². The van der Waals surface area contributed by atoms with Crippen molar-refractivity contribution in [2.45, 2.75) is 19.5 Å². The summed E-state index contributed by atoms with van der Waals surface area (Å²) in [4.78, 5) is 0. The smallest absolute Gasteiger partial charge is 0.482 e. The number of nitrogens with two attached hydrogens (primary N) is 1. The van der Waals surface area contributed by atoms with Crippen LogP contribution in [0.4, 0.5) is 13.2 Å². The van der Waals surface area contributed by atoms with E-state index in [1.807, 2.05) is 0 Å². The minimum Gasteiger partial charge on any atom is -0.482 e. The van der Waals surface area contributed by atoms with Crippen LogP contribution in [-0.2, 0) is 13.2 Å². The maximum Gasteiger partial charge on any atom is 0.573 e. The Balaban J connectivity index is 2.10. The SMILES string of the molecule is NCc1ccoc1COc1ccccc1OC(F)(F)F. The van der Waals surface area contributed by atoms with Gasteiger partial charge in [0.2, 0.25) is 0 Å². The van der Waals surface area contributed by atoms with Gasteiger partial charge in [0.05, 0.1) is 6.26 Å². The van der Waals surface area contributed by atoms with E-state index in [4.69, 9.17) is 14.9 Å². The van der Waals surface area contributed by atoms with Crippen molar-refractivity contribution >= 4 is 0 Å². The standard InChI is InChI=1S/C13H12F3NO3/c14-13(15,16)20-11-4-2-1-3-10(11)19-8-12-9(7-17)5-6-18-12/h1-6H,7-8,17H2. The third kappa shape index (κ3) is 3.67. The van der Waals surface area contributed by atoms with E-state index in [-0.39, 0.29) is 18.9 Å². The first-order valence-corrected chi connectivity index (χ1v) is 5.72. The molecule has 0 atom stereocenters. The summed E-state index contributed by atoms with van der Waals surface area (Å²) in [5, 5.41) is 0. The van der Waals surface area contributed by atoms with Crippen LogP contribution in [0.15, 0.2) is 41.0 Å². The lowest BCUT2D eigenvalue weighted by molar-refractivity contribution is -0.275. The second-order valence-electron chi connectivity index (χ2n) is 3.86. The number of halogens is 3. The summed E-state index contributed by atoms with van der Waals surface area (Å²) in [6.45, 7) is 0.230. The first-order chi connectivity index (χ1) is 9.49. The Labute approximate surface area is 112 Å². The Morgan fingerprint density at radius 3 is 2.45 bits per heavy atom. The monoisotopic (exact) mass is 287 g/mol. The Morgan fingerprint density at radius 1 is 1.10 bits per heavy atom. The summed E-state index contributed by atoms with van der Waals surface area (Å²) in [7, 11) is 0. The van der Waals surface area contributed by atoms with Crippen LogP contribution < -0.4 is 15.2 Å². The van der Waals surface area contributed by atoms with E-state index in [9.17, 15) is 13.2 Å². The van der Waals surface area contributed by atoms with Gasteiger partial charge in [-0.05, 0) is 18.2 Å². The molecule has 2 aromatic rings. The molecule has 1 aromatic heterocycles. The molecule has 0 fully saturated rings. The molecule has 2 N–H and O–H groups in total. The van der Waals surface area contributed by atoms with E-state index in [1.54, 1.807) is 12.1 Å². The highest BCUT2D eigenvalue weighted by atomic mass is 19.4.